The van der Waals surface area contributed by atoms with Crippen LogP contribution in [0.4, 0.5) is 8.78 Å². The number of hydrogen-bond donors (Lipinski definition) is 5. The minimum atomic E-state index is -1.22. The number of likely N-dealkylation sites (tertiary alicyclic amines) is 1. The standard InChI is InChI=1S/C18H24F2N4O4/c19-10-3-7-5-27-14(9(7)4-11(10)20)15-12(25)13(26)18(28-15)24-2-1-8-16(21)22-6-23-17(8)24/h3-4,8,12-18,22-23,25-26H,1-2,5-6,21H2/t8?,12-,13+,14+,15-,16?,17?,18+/m0/s1. The molecule has 0 aliphatic carbocycles. The average molecular weight is 398 g/mol. The van der Waals surface area contributed by atoms with Crippen LogP contribution in [0, 0.1) is 17.6 Å². The van der Waals surface area contributed by atoms with Crippen LogP contribution in [0.25, 0.3) is 0 Å². The van der Waals surface area contributed by atoms with E-state index < -0.39 is 42.3 Å². The molecule has 8 atom stereocenters. The lowest BCUT2D eigenvalue weighted by Crippen LogP contribution is -2.64. The van der Waals surface area contributed by atoms with E-state index in [9.17, 15) is 19.0 Å². The average Bonchev–Trinajstić information content (AvgIpc) is 3.34. The Labute approximate surface area is 160 Å². The first-order valence-electron chi connectivity index (χ1n) is 9.55. The second-order valence-electron chi connectivity index (χ2n) is 7.92. The molecule has 3 fully saturated rings. The Morgan fingerprint density at radius 1 is 1.14 bits per heavy atom. The third kappa shape index (κ3) is 2.79. The van der Waals surface area contributed by atoms with E-state index >= 15 is 0 Å². The molecule has 4 aliphatic rings. The molecule has 4 aliphatic heterocycles. The van der Waals surface area contributed by atoms with Gasteiger partial charge in [-0.05, 0) is 29.7 Å². The van der Waals surface area contributed by atoms with Gasteiger partial charge in [0.15, 0.2) is 11.6 Å². The molecular formula is C18H24F2N4O4. The summed E-state index contributed by atoms with van der Waals surface area (Å²) in [4.78, 5) is 1.97. The molecule has 0 radical (unpaired) electrons. The van der Waals surface area contributed by atoms with Gasteiger partial charge < -0.3 is 25.4 Å². The minimum absolute atomic E-state index is 0.0785. The largest absolute Gasteiger partial charge is 0.387 e. The van der Waals surface area contributed by atoms with Crippen molar-refractivity contribution in [1.82, 2.24) is 15.5 Å². The second-order valence-corrected chi connectivity index (χ2v) is 7.92. The topological polar surface area (TPSA) is 112 Å². The summed E-state index contributed by atoms with van der Waals surface area (Å²) in [6, 6.07) is 2.18. The zero-order valence-corrected chi connectivity index (χ0v) is 15.1. The van der Waals surface area contributed by atoms with Crippen LogP contribution in [0.1, 0.15) is 23.7 Å². The number of benzene rings is 1. The van der Waals surface area contributed by atoms with Gasteiger partial charge in [0.25, 0.3) is 0 Å². The van der Waals surface area contributed by atoms with Crippen LogP contribution in [0.2, 0.25) is 0 Å². The number of nitrogens with one attached hydrogen (secondary N) is 2. The van der Waals surface area contributed by atoms with E-state index in [1.165, 1.54) is 0 Å². The van der Waals surface area contributed by atoms with Gasteiger partial charge in [-0.15, -0.1) is 0 Å². The summed E-state index contributed by atoms with van der Waals surface area (Å²) in [6.07, 6.45) is -4.19. The van der Waals surface area contributed by atoms with Crippen molar-refractivity contribution >= 4 is 0 Å². The maximum Gasteiger partial charge on any atom is 0.159 e. The molecule has 0 aromatic heterocycles. The zero-order chi connectivity index (χ0) is 19.6. The highest BCUT2D eigenvalue weighted by Crippen LogP contribution is 2.42. The van der Waals surface area contributed by atoms with Crippen molar-refractivity contribution in [2.24, 2.45) is 11.7 Å². The first kappa shape index (κ1) is 18.8. The summed E-state index contributed by atoms with van der Waals surface area (Å²) in [7, 11) is 0. The van der Waals surface area contributed by atoms with Gasteiger partial charge in [0.2, 0.25) is 0 Å². The van der Waals surface area contributed by atoms with Crippen molar-refractivity contribution in [2.45, 2.75) is 56.0 Å². The molecule has 5 rings (SSSR count). The minimum Gasteiger partial charge on any atom is -0.387 e. The third-order valence-corrected chi connectivity index (χ3v) is 6.40. The first-order chi connectivity index (χ1) is 13.5. The number of ether oxygens (including phenoxy) is 2. The normalized spacial score (nSPS) is 43.3. The second kappa shape index (κ2) is 6.92. The monoisotopic (exact) mass is 398 g/mol. The molecule has 1 aromatic rings. The zero-order valence-electron chi connectivity index (χ0n) is 15.1. The lowest BCUT2D eigenvalue weighted by Gasteiger charge is -2.39. The molecule has 6 N–H and O–H groups in total. The van der Waals surface area contributed by atoms with Crippen molar-refractivity contribution < 1.29 is 28.5 Å². The van der Waals surface area contributed by atoms with Crippen molar-refractivity contribution in [3.05, 3.63) is 34.9 Å². The molecule has 154 valence electrons. The number of aliphatic hydroxyl groups is 2. The molecule has 3 unspecified atom stereocenters. The van der Waals surface area contributed by atoms with Crippen LogP contribution < -0.4 is 16.4 Å². The van der Waals surface area contributed by atoms with Crippen LogP contribution in [0.15, 0.2) is 12.1 Å². The Morgan fingerprint density at radius 3 is 2.75 bits per heavy atom. The van der Waals surface area contributed by atoms with Gasteiger partial charge in [0.1, 0.15) is 30.6 Å². The Balaban J connectivity index is 1.38. The highest BCUT2D eigenvalue weighted by molar-refractivity contribution is 5.34. The van der Waals surface area contributed by atoms with E-state index in [1.54, 1.807) is 0 Å². The Bertz CT molecular complexity index is 771. The van der Waals surface area contributed by atoms with E-state index in [1.807, 2.05) is 4.90 Å². The number of aliphatic hydroxyl groups excluding tert-OH is 2. The fourth-order valence-electron chi connectivity index (χ4n) is 4.95. The summed E-state index contributed by atoms with van der Waals surface area (Å²) >= 11 is 0. The molecule has 0 saturated carbocycles. The molecule has 4 heterocycles. The fourth-order valence-corrected chi connectivity index (χ4v) is 4.95. The predicted octanol–water partition coefficient (Wildman–Crippen LogP) is -0.934. The van der Waals surface area contributed by atoms with Crippen molar-refractivity contribution in [1.29, 1.82) is 0 Å². The van der Waals surface area contributed by atoms with E-state index in [-0.39, 0.29) is 24.9 Å². The van der Waals surface area contributed by atoms with Crippen LogP contribution in [-0.4, -0.2) is 65.2 Å². The maximum atomic E-state index is 13.7. The maximum absolute atomic E-state index is 13.7. The molecule has 0 amide bonds. The number of fused-ring (bicyclic) bond motifs is 2. The third-order valence-electron chi connectivity index (χ3n) is 6.40. The Kier molecular flexibility index (Phi) is 4.64. The number of halogens is 2. The van der Waals surface area contributed by atoms with Gasteiger partial charge in [-0.3, -0.25) is 15.5 Å². The number of rotatable bonds is 2. The molecule has 8 nitrogen and oxygen atoms in total. The van der Waals surface area contributed by atoms with Gasteiger partial charge >= 0.3 is 0 Å². The van der Waals surface area contributed by atoms with E-state index in [4.69, 9.17) is 15.2 Å². The SMILES string of the molecule is NC1NCNC2C1CCN2[C@@H]1O[C@H]([C@@H]2OCc3cc(F)c(F)cc32)[C@@H](O)[C@H]1O. The molecule has 3 saturated heterocycles. The first-order valence-corrected chi connectivity index (χ1v) is 9.55. The number of hydrogen-bond acceptors (Lipinski definition) is 8. The van der Waals surface area contributed by atoms with Crippen molar-refractivity contribution in [2.75, 3.05) is 13.2 Å². The summed E-state index contributed by atoms with van der Waals surface area (Å²) in [5.41, 5.74) is 7.09. The molecule has 0 spiro atoms. The van der Waals surface area contributed by atoms with Crippen molar-refractivity contribution in [3.8, 4) is 0 Å². The fraction of sp³-hybridized carbons (Fsp3) is 0.667. The summed E-state index contributed by atoms with van der Waals surface area (Å²) in [5, 5.41) is 27.8. The van der Waals surface area contributed by atoms with Crippen LogP contribution in [-0.2, 0) is 16.1 Å². The van der Waals surface area contributed by atoms with E-state index in [0.29, 0.717) is 24.3 Å². The van der Waals surface area contributed by atoms with Gasteiger partial charge in [-0.1, -0.05) is 0 Å². The molecule has 28 heavy (non-hydrogen) atoms. The van der Waals surface area contributed by atoms with Gasteiger partial charge in [-0.2, -0.15) is 0 Å². The summed E-state index contributed by atoms with van der Waals surface area (Å²) in [6.45, 7) is 1.29. The van der Waals surface area contributed by atoms with Gasteiger partial charge in [0, 0.05) is 19.1 Å². The van der Waals surface area contributed by atoms with Gasteiger partial charge in [-0.25, -0.2) is 8.78 Å². The summed E-state index contributed by atoms with van der Waals surface area (Å²) in [5.74, 6) is -1.76. The van der Waals surface area contributed by atoms with Crippen molar-refractivity contribution in [3.63, 3.8) is 0 Å². The predicted molar refractivity (Wildman–Crippen MR) is 92.3 cm³/mol. The van der Waals surface area contributed by atoms with E-state index in [2.05, 4.69) is 10.6 Å². The lowest BCUT2D eigenvalue weighted by atomic mass is 9.97. The summed E-state index contributed by atoms with van der Waals surface area (Å²) < 4.78 is 39.0. The lowest BCUT2D eigenvalue weighted by molar-refractivity contribution is -0.136. The van der Waals surface area contributed by atoms with Crippen LogP contribution in [0.5, 0.6) is 0 Å². The number of nitrogens with two attached hydrogens (primary N) is 1. The van der Waals surface area contributed by atoms with Crippen LogP contribution in [0.3, 0.4) is 0 Å². The highest BCUT2D eigenvalue weighted by Gasteiger charge is 2.54. The van der Waals surface area contributed by atoms with Crippen LogP contribution >= 0.6 is 0 Å². The highest BCUT2D eigenvalue weighted by atomic mass is 19.2. The Morgan fingerprint density at radius 2 is 1.93 bits per heavy atom. The quantitative estimate of drug-likeness (QED) is 0.434. The molecule has 1 aromatic carbocycles. The van der Waals surface area contributed by atoms with E-state index in [0.717, 1.165) is 18.6 Å². The number of nitrogens with zero attached hydrogens (tertiary/aromatic N) is 1. The molecule has 10 heteroatoms. The smallest absolute Gasteiger partial charge is 0.159 e. The molecule has 0 bridgehead atoms. The van der Waals surface area contributed by atoms with Gasteiger partial charge in [0.05, 0.1) is 18.9 Å². The Hall–Kier alpha value is -1.24. The molecular weight excluding hydrogens is 374 g/mol.